The van der Waals surface area contributed by atoms with Crippen LogP contribution in [-0.4, -0.2) is 51.4 Å². The van der Waals surface area contributed by atoms with Crippen LogP contribution in [0.4, 0.5) is 5.82 Å². The molecule has 7 heteroatoms. The van der Waals surface area contributed by atoms with Crippen molar-refractivity contribution in [1.82, 2.24) is 15.6 Å². The average molecular weight is 383 g/mol. The molecule has 1 saturated heterocycles. The molecule has 1 aromatic carbocycles. The Balaban J connectivity index is 1.61. The number of hydrogen-bond donors (Lipinski definition) is 2. The summed E-state index contributed by atoms with van der Waals surface area (Å²) in [6.07, 6.45) is 1.84. The Labute approximate surface area is 166 Å². The highest BCUT2D eigenvalue weighted by Crippen LogP contribution is 2.20. The third-order valence-corrected chi connectivity index (χ3v) is 4.74. The molecule has 7 nitrogen and oxygen atoms in total. The van der Waals surface area contributed by atoms with Gasteiger partial charge in [-0.2, -0.15) is 0 Å². The minimum atomic E-state index is 0.631. The molecule has 28 heavy (non-hydrogen) atoms. The van der Waals surface area contributed by atoms with Crippen LogP contribution < -0.4 is 20.3 Å². The molecule has 1 aliphatic heterocycles. The minimum Gasteiger partial charge on any atom is -0.496 e. The number of ether oxygens (including phenoxy) is 2. The van der Waals surface area contributed by atoms with Crippen LogP contribution in [0.2, 0.25) is 0 Å². The number of nitrogens with zero attached hydrogens (tertiary/aromatic N) is 3. The van der Waals surface area contributed by atoms with E-state index in [1.54, 1.807) is 14.2 Å². The summed E-state index contributed by atoms with van der Waals surface area (Å²) >= 11 is 0. The quantitative estimate of drug-likeness (QED) is 0.588. The van der Waals surface area contributed by atoms with Crippen LogP contribution >= 0.6 is 0 Å². The highest BCUT2D eigenvalue weighted by atomic mass is 16.5. The zero-order valence-electron chi connectivity index (χ0n) is 16.9. The second kappa shape index (κ2) is 9.94. The van der Waals surface area contributed by atoms with Crippen LogP contribution in [-0.2, 0) is 17.8 Å². The summed E-state index contributed by atoms with van der Waals surface area (Å²) in [6.45, 7) is 6.54. The Kier molecular flexibility index (Phi) is 7.08. The third kappa shape index (κ3) is 5.13. The van der Waals surface area contributed by atoms with Gasteiger partial charge in [0.2, 0.25) is 0 Å². The molecule has 0 aliphatic carbocycles. The van der Waals surface area contributed by atoms with Gasteiger partial charge in [0.25, 0.3) is 0 Å². The molecule has 2 heterocycles. The van der Waals surface area contributed by atoms with Gasteiger partial charge in [-0.1, -0.05) is 18.2 Å². The van der Waals surface area contributed by atoms with Crippen molar-refractivity contribution in [3.63, 3.8) is 0 Å². The zero-order chi connectivity index (χ0) is 19.8. The van der Waals surface area contributed by atoms with Crippen molar-refractivity contribution in [3.8, 4) is 5.75 Å². The summed E-state index contributed by atoms with van der Waals surface area (Å²) < 4.78 is 10.9. The van der Waals surface area contributed by atoms with Gasteiger partial charge in [0.15, 0.2) is 5.96 Å². The standard InChI is InChI=1S/C21H29N5O2/c1-16-6-7-17(19(13-16)27-3)14-24-21(22-2)25-15-18-5-4-8-23-20(18)26-9-11-28-12-10-26/h4-8,13H,9-12,14-15H2,1-3H3,(H2,22,24,25). The molecular formula is C21H29N5O2. The van der Waals surface area contributed by atoms with Crippen molar-refractivity contribution < 1.29 is 9.47 Å². The first-order chi connectivity index (χ1) is 13.7. The lowest BCUT2D eigenvalue weighted by molar-refractivity contribution is 0.122. The van der Waals surface area contributed by atoms with E-state index in [9.17, 15) is 0 Å². The Hall–Kier alpha value is -2.80. The molecule has 1 aliphatic rings. The molecule has 0 radical (unpaired) electrons. The molecule has 0 atom stereocenters. The fourth-order valence-corrected chi connectivity index (χ4v) is 3.20. The van der Waals surface area contributed by atoms with Crippen LogP contribution in [0.25, 0.3) is 0 Å². The van der Waals surface area contributed by atoms with E-state index < -0.39 is 0 Å². The summed E-state index contributed by atoms with van der Waals surface area (Å²) in [7, 11) is 3.47. The summed E-state index contributed by atoms with van der Waals surface area (Å²) in [5.74, 6) is 2.62. The van der Waals surface area contributed by atoms with Gasteiger partial charge < -0.3 is 25.0 Å². The zero-order valence-corrected chi connectivity index (χ0v) is 16.9. The molecule has 1 fully saturated rings. The Morgan fingerprint density at radius 3 is 2.64 bits per heavy atom. The van der Waals surface area contributed by atoms with E-state index in [2.05, 4.69) is 50.6 Å². The summed E-state index contributed by atoms with van der Waals surface area (Å²) in [5, 5.41) is 6.74. The number of anilines is 1. The maximum absolute atomic E-state index is 5.48. The number of aromatic nitrogens is 1. The van der Waals surface area contributed by atoms with E-state index >= 15 is 0 Å². The van der Waals surface area contributed by atoms with Crippen LogP contribution in [0.15, 0.2) is 41.5 Å². The number of methoxy groups -OCH3 is 1. The summed E-state index contributed by atoms with van der Waals surface area (Å²) in [6, 6.07) is 10.3. The van der Waals surface area contributed by atoms with Crippen molar-refractivity contribution in [2.75, 3.05) is 45.4 Å². The molecule has 0 bridgehead atoms. The summed E-state index contributed by atoms with van der Waals surface area (Å²) in [4.78, 5) is 11.2. The number of benzene rings is 1. The molecule has 2 aromatic rings. The van der Waals surface area contributed by atoms with Gasteiger partial charge in [0, 0.05) is 50.6 Å². The monoisotopic (exact) mass is 383 g/mol. The second-order valence-corrected chi connectivity index (χ2v) is 6.68. The second-order valence-electron chi connectivity index (χ2n) is 6.68. The van der Waals surface area contributed by atoms with Crippen molar-refractivity contribution in [3.05, 3.63) is 53.2 Å². The number of morpholine rings is 1. The first kappa shape index (κ1) is 19.9. The van der Waals surface area contributed by atoms with Gasteiger partial charge in [-0.3, -0.25) is 4.99 Å². The van der Waals surface area contributed by atoms with Crippen molar-refractivity contribution in [2.24, 2.45) is 4.99 Å². The molecule has 0 amide bonds. The number of pyridine rings is 1. The lowest BCUT2D eigenvalue weighted by Gasteiger charge is -2.29. The Bertz CT molecular complexity index is 803. The topological polar surface area (TPSA) is 71.0 Å². The smallest absolute Gasteiger partial charge is 0.191 e. The van der Waals surface area contributed by atoms with Crippen molar-refractivity contribution in [2.45, 2.75) is 20.0 Å². The van der Waals surface area contributed by atoms with E-state index in [0.29, 0.717) is 13.1 Å². The van der Waals surface area contributed by atoms with Crippen LogP contribution in [0.3, 0.4) is 0 Å². The highest BCUT2D eigenvalue weighted by molar-refractivity contribution is 5.79. The maximum Gasteiger partial charge on any atom is 0.191 e. The number of guanidine groups is 1. The molecular weight excluding hydrogens is 354 g/mol. The largest absolute Gasteiger partial charge is 0.496 e. The minimum absolute atomic E-state index is 0.631. The maximum atomic E-state index is 5.48. The van der Waals surface area contributed by atoms with E-state index in [-0.39, 0.29) is 0 Å². The van der Waals surface area contributed by atoms with Crippen molar-refractivity contribution >= 4 is 11.8 Å². The lowest BCUT2D eigenvalue weighted by Crippen LogP contribution is -2.39. The Morgan fingerprint density at radius 1 is 1.18 bits per heavy atom. The van der Waals surface area contributed by atoms with Crippen LogP contribution in [0, 0.1) is 6.92 Å². The van der Waals surface area contributed by atoms with Gasteiger partial charge in [-0.15, -0.1) is 0 Å². The fraction of sp³-hybridized carbons (Fsp3) is 0.429. The highest BCUT2D eigenvalue weighted by Gasteiger charge is 2.16. The van der Waals surface area contributed by atoms with Crippen molar-refractivity contribution in [1.29, 1.82) is 0 Å². The predicted molar refractivity (Wildman–Crippen MR) is 112 cm³/mol. The molecule has 150 valence electrons. The van der Waals surface area contributed by atoms with E-state index in [1.165, 1.54) is 5.56 Å². The normalized spacial score (nSPS) is 14.7. The van der Waals surface area contributed by atoms with Crippen LogP contribution in [0.5, 0.6) is 5.75 Å². The first-order valence-electron chi connectivity index (χ1n) is 9.56. The molecule has 2 N–H and O–H groups in total. The predicted octanol–water partition coefficient (Wildman–Crippen LogP) is 2.10. The SMILES string of the molecule is CN=C(NCc1ccc(C)cc1OC)NCc1cccnc1N1CCOCC1. The number of rotatable bonds is 6. The van der Waals surface area contributed by atoms with Gasteiger partial charge >= 0.3 is 0 Å². The lowest BCUT2D eigenvalue weighted by atomic mass is 10.1. The van der Waals surface area contributed by atoms with Gasteiger partial charge in [-0.05, 0) is 24.6 Å². The molecule has 0 spiro atoms. The average Bonchev–Trinajstić information content (AvgIpc) is 2.75. The van der Waals surface area contributed by atoms with E-state index in [0.717, 1.165) is 55.0 Å². The molecule has 0 saturated carbocycles. The van der Waals surface area contributed by atoms with E-state index in [1.807, 2.05) is 18.3 Å². The van der Waals surface area contributed by atoms with E-state index in [4.69, 9.17) is 9.47 Å². The van der Waals surface area contributed by atoms with Gasteiger partial charge in [0.1, 0.15) is 11.6 Å². The first-order valence-corrected chi connectivity index (χ1v) is 9.56. The molecule has 3 rings (SSSR count). The number of hydrogen-bond acceptors (Lipinski definition) is 5. The third-order valence-electron chi connectivity index (χ3n) is 4.74. The Morgan fingerprint density at radius 2 is 1.93 bits per heavy atom. The number of aliphatic imine (C=N–C) groups is 1. The van der Waals surface area contributed by atoms with Gasteiger partial charge in [-0.25, -0.2) is 4.98 Å². The molecule has 0 unspecified atom stereocenters. The van der Waals surface area contributed by atoms with Crippen LogP contribution in [0.1, 0.15) is 16.7 Å². The van der Waals surface area contributed by atoms with Gasteiger partial charge in [0.05, 0.1) is 20.3 Å². The molecule has 1 aromatic heterocycles. The number of nitrogens with one attached hydrogen (secondary N) is 2. The number of aryl methyl sites for hydroxylation is 1. The fourth-order valence-electron chi connectivity index (χ4n) is 3.20. The summed E-state index contributed by atoms with van der Waals surface area (Å²) in [5.41, 5.74) is 3.40.